The van der Waals surface area contributed by atoms with Gasteiger partial charge in [-0.1, -0.05) is 96.9 Å². The van der Waals surface area contributed by atoms with E-state index in [0.29, 0.717) is 13.0 Å². The molecule has 1 saturated carbocycles. The number of halogens is 6. The second-order valence-corrected chi connectivity index (χ2v) is 9.53. The van der Waals surface area contributed by atoms with Crippen LogP contribution in [0.15, 0.2) is 43.0 Å². The molecular weight excluding hydrogens is 632 g/mol. The van der Waals surface area contributed by atoms with Gasteiger partial charge >= 0.3 is 6.18 Å². The number of aliphatic hydroxyl groups excluding tert-OH is 1. The minimum Gasteiger partial charge on any atom is -0.397 e. The van der Waals surface area contributed by atoms with Crippen LogP contribution in [-0.2, 0) is 4.74 Å². The van der Waals surface area contributed by atoms with Gasteiger partial charge in [-0.15, -0.1) is 6.58 Å². The number of methoxy groups -OCH3 is 1. The first-order valence-corrected chi connectivity index (χ1v) is 15.9. The first kappa shape index (κ1) is 71.8. The summed E-state index contributed by atoms with van der Waals surface area (Å²) in [5, 5.41) is 10.3. The van der Waals surface area contributed by atoms with Gasteiger partial charge in [0, 0.05) is 40.6 Å². The molecule has 1 aromatic rings. The van der Waals surface area contributed by atoms with E-state index in [4.69, 9.17) is 11.7 Å². The summed E-state index contributed by atoms with van der Waals surface area (Å²) in [4.78, 5) is 4.99. The smallest absolute Gasteiger partial charge is 0.388 e. The van der Waals surface area contributed by atoms with Gasteiger partial charge in [0.25, 0.3) is 0 Å². The molecule has 0 bridgehead atoms. The van der Waals surface area contributed by atoms with Gasteiger partial charge < -0.3 is 24.9 Å². The van der Waals surface area contributed by atoms with Crippen LogP contribution in [0.4, 0.5) is 26.3 Å². The molecule has 0 heterocycles. The molecule has 48 heavy (non-hydrogen) atoms. The Balaban J connectivity index is -0.0000000418. The highest BCUT2D eigenvalue weighted by Gasteiger charge is 2.22. The van der Waals surface area contributed by atoms with E-state index in [1.54, 1.807) is 28.1 Å². The molecule has 2 N–H and O–H groups in total. The summed E-state index contributed by atoms with van der Waals surface area (Å²) in [5.41, 5.74) is 1.32. The Hall–Kier alpha value is -2.13. The average molecular weight is 712 g/mol. The van der Waals surface area contributed by atoms with Gasteiger partial charge in [0.05, 0.1) is 6.67 Å². The predicted molar refractivity (Wildman–Crippen MR) is 203 cm³/mol. The van der Waals surface area contributed by atoms with E-state index in [2.05, 4.69) is 54.4 Å². The number of allylic oxidation sites excluding steroid dienone is 1. The Morgan fingerprint density at radius 2 is 1.23 bits per heavy atom. The molecule has 11 heteroatoms. The summed E-state index contributed by atoms with van der Waals surface area (Å²) >= 11 is 0. The zero-order chi connectivity index (χ0) is 39.5. The van der Waals surface area contributed by atoms with Crippen molar-refractivity contribution in [3.63, 3.8) is 0 Å². The molecule has 0 spiro atoms. The molecule has 2 rings (SSSR count). The van der Waals surface area contributed by atoms with E-state index in [1.165, 1.54) is 25.3 Å². The zero-order valence-electron chi connectivity index (χ0n) is 32.7. The molecule has 0 unspecified atom stereocenters. The lowest BCUT2D eigenvalue weighted by molar-refractivity contribution is -0.130. The summed E-state index contributed by atoms with van der Waals surface area (Å²) in [5.74, 6) is 1.08. The Morgan fingerprint density at radius 1 is 1.02 bits per heavy atom. The maximum Gasteiger partial charge on any atom is 0.388 e. The Bertz CT molecular complexity index is 604. The molecule has 0 aromatic heterocycles. The molecule has 1 aliphatic carbocycles. The van der Waals surface area contributed by atoms with Crippen molar-refractivity contribution in [2.24, 2.45) is 5.92 Å². The van der Waals surface area contributed by atoms with Crippen molar-refractivity contribution in [3.8, 4) is 0 Å². The highest BCUT2D eigenvalue weighted by atomic mass is 19.4. The fraction of sp³-hybridized carbons (Fsp3) is 0.757. The fourth-order valence-electron chi connectivity index (χ4n) is 0.701. The Morgan fingerprint density at radius 3 is 1.27 bits per heavy atom. The van der Waals surface area contributed by atoms with Crippen LogP contribution < -0.4 is 5.32 Å². The molecule has 0 amide bonds. The molecule has 0 radical (unpaired) electrons. The van der Waals surface area contributed by atoms with Gasteiger partial charge in [-0.05, 0) is 67.8 Å². The normalized spacial score (nSPS) is 9.40. The van der Waals surface area contributed by atoms with Crippen LogP contribution in [-0.4, -0.2) is 91.9 Å². The number of nitrogens with zero attached hydrogens (tertiary/aromatic N) is 2. The molecule has 1 aromatic carbocycles. The van der Waals surface area contributed by atoms with Crippen LogP contribution in [0.2, 0.25) is 0 Å². The van der Waals surface area contributed by atoms with Crippen molar-refractivity contribution in [3.05, 3.63) is 60.0 Å². The summed E-state index contributed by atoms with van der Waals surface area (Å²) in [6.45, 7) is 24.5. The van der Waals surface area contributed by atoms with Crippen LogP contribution in [0.25, 0.3) is 4.85 Å². The largest absolute Gasteiger partial charge is 0.397 e. The third-order valence-corrected chi connectivity index (χ3v) is 3.15. The van der Waals surface area contributed by atoms with E-state index in [0.717, 1.165) is 19.3 Å². The molecule has 0 saturated heterocycles. The maximum absolute atomic E-state index is 10.8. The second-order valence-electron chi connectivity index (χ2n) is 9.53. The molecule has 0 aliphatic heterocycles. The molecule has 1 aliphatic rings. The number of hydrogen-bond donors (Lipinski definition) is 2. The van der Waals surface area contributed by atoms with Crippen LogP contribution in [0.1, 0.15) is 100.0 Å². The van der Waals surface area contributed by atoms with Crippen molar-refractivity contribution in [2.75, 3.05) is 69.3 Å². The molecule has 296 valence electrons. The van der Waals surface area contributed by atoms with Crippen molar-refractivity contribution in [2.45, 2.75) is 114 Å². The van der Waals surface area contributed by atoms with Crippen molar-refractivity contribution in [1.29, 1.82) is 0 Å². The second kappa shape index (κ2) is 75.3. The number of aryl methyl sites for hydroxylation is 1. The van der Waals surface area contributed by atoms with Gasteiger partial charge in [0.1, 0.15) is 0 Å². The number of benzene rings is 1. The van der Waals surface area contributed by atoms with Crippen LogP contribution >= 0.6 is 0 Å². The molecule has 5 nitrogen and oxygen atoms in total. The van der Waals surface area contributed by atoms with Gasteiger partial charge in [-0.2, -0.15) is 13.2 Å². The Labute approximate surface area is 295 Å². The fourth-order valence-corrected chi connectivity index (χ4v) is 0.701. The summed E-state index contributed by atoms with van der Waals surface area (Å²) in [7, 11) is 13.0. The average Bonchev–Trinajstić information content (AvgIpc) is 3.81. The summed E-state index contributed by atoms with van der Waals surface area (Å²) in [6, 6.07) is 10.3. The van der Waals surface area contributed by atoms with Crippen molar-refractivity contribution in [1.82, 2.24) is 10.2 Å². The third-order valence-electron chi connectivity index (χ3n) is 3.15. The van der Waals surface area contributed by atoms with E-state index >= 15 is 0 Å². The van der Waals surface area contributed by atoms with Crippen molar-refractivity contribution < 1.29 is 36.2 Å². The standard InChI is InChI=1S/C7H8.2C4H8.C3H5F3.C3H6F2.C3H7F.C3H9N.C3H5N.C2H7N.2C2H6O.CH4/c1-7-5-3-2-4-6-7;1-4-2-3-4;1-3-4-2;1-2-3(4,5)6;1-2-3(4)5;1-2-3-4;1-4(2)3;1-3-4-2;2*1-3-2;1-2-3;/h2-6H,1H3;4H,2-3H2,1H3;3H,1,4H2,2H3;2H2,1H3;3H,2H2,1H3;2-3H2,1H3;1-3H3;3H2,1H3;3H,1-2H3;1-2H3;3H,2H2,1H3;1H4. The predicted octanol–water partition coefficient (Wildman–Crippen LogP) is 11.8. The van der Waals surface area contributed by atoms with Crippen LogP contribution in [0.5, 0.6) is 0 Å². The maximum atomic E-state index is 10.8. The zero-order valence-corrected chi connectivity index (χ0v) is 32.7. The highest BCUT2D eigenvalue weighted by molar-refractivity contribution is 5.11. The lowest BCUT2D eigenvalue weighted by atomic mass is 10.2. The first-order chi connectivity index (χ1) is 21.8. The van der Waals surface area contributed by atoms with E-state index in [9.17, 15) is 26.3 Å². The Kier molecular flexibility index (Phi) is 113. The molecule has 0 atom stereocenters. The summed E-state index contributed by atoms with van der Waals surface area (Å²) in [6.07, 6.45) is -0.248. The number of aliphatic hydroxyl groups is 1. The lowest BCUT2D eigenvalue weighted by Crippen LogP contribution is -2.02. The number of rotatable bonds is 3. The first-order valence-electron chi connectivity index (χ1n) is 15.9. The molecule has 1 fully saturated rings. The number of nitrogens with one attached hydrogen (secondary N) is 1. The van der Waals surface area contributed by atoms with Crippen LogP contribution in [0, 0.1) is 19.4 Å². The van der Waals surface area contributed by atoms with Crippen LogP contribution in [0.3, 0.4) is 0 Å². The topological polar surface area (TPSA) is 49.1 Å². The number of ether oxygens (including phenoxy) is 1. The van der Waals surface area contributed by atoms with Crippen molar-refractivity contribution >= 4 is 0 Å². The van der Waals surface area contributed by atoms with Gasteiger partial charge in [-0.3, -0.25) is 4.39 Å². The summed E-state index contributed by atoms with van der Waals surface area (Å²) < 4.78 is 68.9. The number of hydrogen-bond acceptors (Lipinski definition) is 4. The quantitative estimate of drug-likeness (QED) is 0.186. The highest BCUT2D eigenvalue weighted by Crippen LogP contribution is 2.26. The minimum absolute atomic E-state index is 0. The van der Waals surface area contributed by atoms with E-state index in [-0.39, 0.29) is 27.1 Å². The minimum atomic E-state index is -3.96. The monoisotopic (exact) mass is 712 g/mol. The number of alkyl halides is 6. The van der Waals surface area contributed by atoms with Gasteiger partial charge in [0.2, 0.25) is 13.0 Å². The van der Waals surface area contributed by atoms with Gasteiger partial charge in [-0.25, -0.2) is 15.4 Å². The third kappa shape index (κ3) is 283. The van der Waals surface area contributed by atoms with E-state index in [1.807, 2.05) is 71.3 Å². The molecular formula is C37H79F6N3O2. The van der Waals surface area contributed by atoms with E-state index < -0.39 is 19.0 Å². The van der Waals surface area contributed by atoms with Gasteiger partial charge in [0.15, 0.2) is 0 Å². The lowest BCUT2D eigenvalue weighted by Gasteiger charge is -1.96. The SMILES string of the molecule is C.C=CCC.CC1CC1.CCC(F)(F)F.CCC(F)F.CCCF.CCO.CN(C)C.CNC.COC.Cc1ccccc1.[C-]#[N+]CC.